The first-order valence-corrected chi connectivity index (χ1v) is 9.33. The molecule has 2 aromatic rings. The molecule has 0 spiro atoms. The molecule has 0 amide bonds. The molecule has 0 saturated heterocycles. The first-order chi connectivity index (χ1) is 12.7. The number of alkyl halides is 1. The van der Waals surface area contributed by atoms with Crippen molar-refractivity contribution in [3.8, 4) is 5.75 Å². The van der Waals surface area contributed by atoms with Gasteiger partial charge in [0, 0.05) is 24.9 Å². The van der Waals surface area contributed by atoms with Crippen molar-refractivity contribution in [3.05, 3.63) is 71.8 Å². The minimum absolute atomic E-state index is 0.154. The van der Waals surface area contributed by atoms with Gasteiger partial charge in [0.05, 0.1) is 0 Å². The van der Waals surface area contributed by atoms with Crippen LogP contribution in [-0.2, 0) is 13.0 Å². The number of halogens is 1. The summed E-state index contributed by atoms with van der Waals surface area (Å²) < 4.78 is 5.92. The van der Waals surface area contributed by atoms with Crippen LogP contribution in [0.3, 0.4) is 0 Å². The summed E-state index contributed by atoms with van der Waals surface area (Å²) in [6, 6.07) is 14.1. The average molecular weight is 372 g/mol. The Kier molecular flexibility index (Phi) is 6.26. The average Bonchev–Trinajstić information content (AvgIpc) is 3.10. The lowest BCUT2D eigenvalue weighted by Gasteiger charge is -2.24. The molecule has 1 unspecified atom stereocenters. The van der Waals surface area contributed by atoms with Gasteiger partial charge in [-0.1, -0.05) is 34.9 Å². The van der Waals surface area contributed by atoms with E-state index in [2.05, 4.69) is 35.6 Å². The van der Waals surface area contributed by atoms with Gasteiger partial charge in [-0.15, -0.1) is 0 Å². The predicted octanol–water partition coefficient (Wildman–Crippen LogP) is 3.67. The molecule has 0 saturated carbocycles. The SMILES string of the molecule is CC[N+]1(CCc2ccccn2)C=C(NCc2cccc(OCCl)c2)C=N1. The number of pyridine rings is 1. The third-order valence-corrected chi connectivity index (χ3v) is 4.56. The van der Waals surface area contributed by atoms with E-state index in [1.54, 1.807) is 0 Å². The molecule has 1 atom stereocenters. The maximum absolute atomic E-state index is 5.62. The summed E-state index contributed by atoms with van der Waals surface area (Å²) in [6.07, 6.45) is 6.83. The first kappa shape index (κ1) is 18.4. The maximum atomic E-state index is 5.62. The number of benzene rings is 1. The van der Waals surface area contributed by atoms with Gasteiger partial charge in [0.1, 0.15) is 37.0 Å². The van der Waals surface area contributed by atoms with Gasteiger partial charge in [-0.3, -0.25) is 4.98 Å². The second-order valence-electron chi connectivity index (χ2n) is 6.18. The van der Waals surface area contributed by atoms with Crippen LogP contribution in [0.25, 0.3) is 0 Å². The van der Waals surface area contributed by atoms with Gasteiger partial charge < -0.3 is 10.1 Å². The number of hydrogen-bond acceptors (Lipinski definition) is 4. The van der Waals surface area contributed by atoms with E-state index in [0.29, 0.717) is 11.1 Å². The van der Waals surface area contributed by atoms with Crippen LogP contribution < -0.4 is 10.1 Å². The zero-order valence-electron chi connectivity index (χ0n) is 14.9. The number of aromatic nitrogens is 1. The van der Waals surface area contributed by atoms with E-state index in [4.69, 9.17) is 21.4 Å². The lowest BCUT2D eigenvalue weighted by Crippen LogP contribution is -2.37. The Labute approximate surface area is 159 Å². The van der Waals surface area contributed by atoms with Crippen molar-refractivity contribution in [1.82, 2.24) is 10.3 Å². The molecule has 0 fully saturated rings. The topological polar surface area (TPSA) is 46.5 Å². The number of ether oxygens (including phenoxy) is 1. The summed E-state index contributed by atoms with van der Waals surface area (Å²) in [7, 11) is 0. The minimum Gasteiger partial charge on any atom is -0.478 e. The Morgan fingerprint density at radius 3 is 2.88 bits per heavy atom. The minimum atomic E-state index is 0.154. The van der Waals surface area contributed by atoms with Gasteiger partial charge in [0.25, 0.3) is 0 Å². The highest BCUT2D eigenvalue weighted by Crippen LogP contribution is 2.19. The Morgan fingerprint density at radius 1 is 1.19 bits per heavy atom. The van der Waals surface area contributed by atoms with Crippen LogP contribution in [0.5, 0.6) is 5.75 Å². The van der Waals surface area contributed by atoms with Crippen molar-refractivity contribution in [2.75, 3.05) is 19.2 Å². The molecule has 0 bridgehead atoms. The van der Waals surface area contributed by atoms with Gasteiger partial charge >= 0.3 is 0 Å². The molecule has 0 aliphatic carbocycles. The quantitative estimate of drug-likeness (QED) is 0.540. The zero-order chi connectivity index (χ0) is 18.2. The van der Waals surface area contributed by atoms with E-state index >= 15 is 0 Å². The van der Waals surface area contributed by atoms with Crippen molar-refractivity contribution >= 4 is 17.8 Å². The molecule has 1 aromatic carbocycles. The molecular weight excluding hydrogens is 348 g/mol. The smallest absolute Gasteiger partial charge is 0.162 e. The van der Waals surface area contributed by atoms with Crippen LogP contribution in [0.15, 0.2) is 65.7 Å². The highest BCUT2D eigenvalue weighted by molar-refractivity contribution is 6.17. The third kappa shape index (κ3) is 4.84. The molecule has 1 aliphatic heterocycles. The molecule has 26 heavy (non-hydrogen) atoms. The molecule has 1 aliphatic rings. The van der Waals surface area contributed by atoms with Gasteiger partial charge in [0.2, 0.25) is 0 Å². The van der Waals surface area contributed by atoms with Crippen molar-refractivity contribution in [1.29, 1.82) is 0 Å². The molecule has 136 valence electrons. The van der Waals surface area contributed by atoms with Crippen LogP contribution >= 0.6 is 11.6 Å². The van der Waals surface area contributed by atoms with Crippen molar-refractivity contribution in [2.24, 2.45) is 5.10 Å². The monoisotopic (exact) mass is 371 g/mol. The van der Waals surface area contributed by atoms with Gasteiger partial charge in [-0.25, -0.2) is 0 Å². The third-order valence-electron chi connectivity index (χ3n) is 4.45. The molecule has 6 heteroatoms. The van der Waals surface area contributed by atoms with Crippen LogP contribution in [0, 0.1) is 0 Å². The predicted molar refractivity (Wildman–Crippen MR) is 105 cm³/mol. The van der Waals surface area contributed by atoms with E-state index in [9.17, 15) is 0 Å². The van der Waals surface area contributed by atoms with Crippen LogP contribution in [0.2, 0.25) is 0 Å². The number of allylic oxidation sites excluding steroid dienone is 1. The molecule has 1 N–H and O–H groups in total. The molecule has 1 aromatic heterocycles. The molecule has 2 heterocycles. The number of hydrogen-bond donors (Lipinski definition) is 1. The standard InChI is InChI=1S/C20H24ClN4O/c1-2-25(11-9-18-7-3-4-10-22-18)15-19(14-24-25)23-13-17-6-5-8-20(12-17)26-16-21/h3-8,10,12,14-15,23H,2,9,11,13,16H2,1H3/q+1. The fourth-order valence-electron chi connectivity index (χ4n) is 2.91. The van der Waals surface area contributed by atoms with E-state index in [0.717, 1.165) is 42.2 Å². The largest absolute Gasteiger partial charge is 0.478 e. The second kappa shape index (κ2) is 8.83. The van der Waals surface area contributed by atoms with Crippen molar-refractivity contribution < 1.29 is 9.33 Å². The fourth-order valence-corrected chi connectivity index (χ4v) is 3.04. The van der Waals surface area contributed by atoms with Crippen LogP contribution in [0.4, 0.5) is 0 Å². The fraction of sp³-hybridized carbons (Fsp3) is 0.300. The highest BCUT2D eigenvalue weighted by atomic mass is 35.5. The molecular formula is C20H24ClN4O+. The van der Waals surface area contributed by atoms with Gasteiger partial charge in [-0.2, -0.15) is 4.59 Å². The lowest BCUT2D eigenvalue weighted by atomic mass is 10.2. The number of nitrogens with one attached hydrogen (secondary N) is 1. The van der Waals surface area contributed by atoms with E-state index in [1.165, 1.54) is 0 Å². The normalized spacial score (nSPS) is 18.6. The number of likely N-dealkylation sites (N-methyl/N-ethyl adjacent to an activating group) is 1. The summed E-state index contributed by atoms with van der Waals surface area (Å²) in [5.74, 6) is 0.780. The molecule has 3 rings (SSSR count). The number of quaternary nitrogens is 1. The first-order valence-electron chi connectivity index (χ1n) is 8.80. The summed E-state index contributed by atoms with van der Waals surface area (Å²) in [5, 5.41) is 8.18. The molecule has 5 nitrogen and oxygen atoms in total. The van der Waals surface area contributed by atoms with Crippen LogP contribution in [0.1, 0.15) is 18.2 Å². The summed E-state index contributed by atoms with van der Waals surface area (Å²) in [6.45, 7) is 4.67. The Bertz CT molecular complexity index is 778. The lowest BCUT2D eigenvalue weighted by molar-refractivity contribution is -0.882. The number of nitrogens with zero attached hydrogens (tertiary/aromatic N) is 3. The number of rotatable bonds is 9. The van der Waals surface area contributed by atoms with Crippen molar-refractivity contribution in [2.45, 2.75) is 19.9 Å². The molecule has 0 radical (unpaired) electrons. The summed E-state index contributed by atoms with van der Waals surface area (Å²) >= 11 is 5.62. The van der Waals surface area contributed by atoms with Crippen LogP contribution in [-0.4, -0.2) is 34.9 Å². The maximum Gasteiger partial charge on any atom is 0.162 e. The Morgan fingerprint density at radius 2 is 2.12 bits per heavy atom. The Balaban J connectivity index is 1.59. The van der Waals surface area contributed by atoms with Gasteiger partial charge in [0.15, 0.2) is 6.07 Å². The second-order valence-corrected chi connectivity index (χ2v) is 6.40. The van der Waals surface area contributed by atoms with Crippen molar-refractivity contribution in [3.63, 3.8) is 0 Å². The van der Waals surface area contributed by atoms with E-state index in [-0.39, 0.29) is 6.07 Å². The summed E-state index contributed by atoms with van der Waals surface area (Å²) in [5.41, 5.74) is 3.27. The summed E-state index contributed by atoms with van der Waals surface area (Å²) in [4.78, 5) is 4.40. The van der Waals surface area contributed by atoms with Gasteiger partial charge in [-0.05, 0) is 36.8 Å². The zero-order valence-corrected chi connectivity index (χ0v) is 15.7. The van der Waals surface area contributed by atoms with E-state index < -0.39 is 0 Å². The Hall–Kier alpha value is -2.37. The van der Waals surface area contributed by atoms with E-state index in [1.807, 2.05) is 42.7 Å². The highest BCUT2D eigenvalue weighted by Gasteiger charge is 2.28.